The number of aromatic nitrogens is 2. The lowest BCUT2D eigenvalue weighted by Gasteiger charge is -1.98. The number of nitrogens with zero attached hydrogens (tertiary/aromatic N) is 2. The summed E-state index contributed by atoms with van der Waals surface area (Å²) in [6.45, 7) is 1.59. The Bertz CT molecular complexity index is 618. The molecule has 2 aromatic heterocycles. The Hall–Kier alpha value is -1.18. The highest BCUT2D eigenvalue weighted by Crippen LogP contribution is 2.33. The molecule has 0 aromatic carbocycles. The molecule has 0 aliphatic carbocycles. The fourth-order valence-corrected chi connectivity index (χ4v) is 3.22. The Morgan fingerprint density at radius 3 is 2.89 bits per heavy atom. The van der Waals surface area contributed by atoms with Crippen molar-refractivity contribution in [3.8, 4) is 0 Å². The number of carboxylic acid groups (broad SMARTS) is 1. The summed E-state index contributed by atoms with van der Waals surface area (Å²) in [6.07, 6.45) is 1.32. The van der Waals surface area contributed by atoms with E-state index >= 15 is 0 Å². The minimum Gasteiger partial charge on any atom is -0.477 e. The van der Waals surface area contributed by atoms with Crippen molar-refractivity contribution in [2.45, 2.75) is 16.3 Å². The topological polar surface area (TPSA) is 63.1 Å². The number of aromatic carboxylic acids is 1. The summed E-state index contributed by atoms with van der Waals surface area (Å²) in [6, 6.07) is 1.15. The average molecular weight is 305 g/mol. The van der Waals surface area contributed by atoms with Crippen molar-refractivity contribution in [1.29, 1.82) is 0 Å². The monoisotopic (exact) mass is 304 g/mol. The number of pyridine rings is 1. The van der Waals surface area contributed by atoms with Crippen molar-refractivity contribution >= 4 is 40.7 Å². The fourth-order valence-electron chi connectivity index (χ4n) is 1.17. The van der Waals surface area contributed by atoms with Gasteiger partial charge >= 0.3 is 5.97 Å². The summed E-state index contributed by atoms with van der Waals surface area (Å²) < 4.78 is 13.9. The third kappa shape index (κ3) is 2.80. The predicted molar refractivity (Wildman–Crippen MR) is 67.1 cm³/mol. The van der Waals surface area contributed by atoms with Gasteiger partial charge in [0.05, 0.1) is 10.7 Å². The van der Waals surface area contributed by atoms with Crippen LogP contribution in [0.1, 0.15) is 15.4 Å². The van der Waals surface area contributed by atoms with Crippen LogP contribution in [0.5, 0.6) is 0 Å². The second-order valence-corrected chi connectivity index (χ2v) is 5.91. The SMILES string of the molecule is Cc1nc(Sc2ncc(Cl)cc2F)sc1C(=O)O. The maximum Gasteiger partial charge on any atom is 0.347 e. The molecule has 4 nitrogen and oxygen atoms in total. The molecule has 0 bridgehead atoms. The van der Waals surface area contributed by atoms with Crippen LogP contribution < -0.4 is 0 Å². The maximum absolute atomic E-state index is 13.5. The van der Waals surface area contributed by atoms with Gasteiger partial charge in [0.2, 0.25) is 0 Å². The van der Waals surface area contributed by atoms with Crippen molar-refractivity contribution in [3.05, 3.63) is 33.7 Å². The van der Waals surface area contributed by atoms with Crippen LogP contribution in [0, 0.1) is 12.7 Å². The van der Waals surface area contributed by atoms with Gasteiger partial charge in [0.1, 0.15) is 9.90 Å². The van der Waals surface area contributed by atoms with Crippen LogP contribution in [0.4, 0.5) is 4.39 Å². The third-order valence-corrected chi connectivity index (χ3v) is 4.34. The predicted octanol–water partition coefficient (Wildman–Crippen LogP) is 3.49. The lowest BCUT2D eigenvalue weighted by atomic mass is 10.4. The minimum absolute atomic E-state index is 0.116. The van der Waals surface area contributed by atoms with Gasteiger partial charge in [-0.2, -0.15) is 0 Å². The molecule has 0 fully saturated rings. The largest absolute Gasteiger partial charge is 0.477 e. The van der Waals surface area contributed by atoms with Crippen molar-refractivity contribution in [1.82, 2.24) is 9.97 Å². The van der Waals surface area contributed by atoms with Crippen molar-refractivity contribution in [2.75, 3.05) is 0 Å². The number of hydrogen-bond acceptors (Lipinski definition) is 5. The molecule has 0 aliphatic heterocycles. The first-order valence-corrected chi connectivity index (χ1v) is 6.68. The molecule has 2 heterocycles. The summed E-state index contributed by atoms with van der Waals surface area (Å²) >= 11 is 7.55. The minimum atomic E-state index is -1.04. The fraction of sp³-hybridized carbons (Fsp3) is 0.100. The number of hydrogen-bond donors (Lipinski definition) is 1. The van der Waals surface area contributed by atoms with Gasteiger partial charge < -0.3 is 5.11 Å². The molecule has 0 atom stereocenters. The van der Waals surface area contributed by atoms with Gasteiger partial charge in [0, 0.05) is 6.20 Å². The Labute approximate surface area is 115 Å². The zero-order chi connectivity index (χ0) is 13.3. The van der Waals surface area contributed by atoms with Gasteiger partial charge in [-0.15, -0.1) is 0 Å². The average Bonchev–Trinajstić information content (AvgIpc) is 2.64. The summed E-state index contributed by atoms with van der Waals surface area (Å²) in [7, 11) is 0. The molecular weight excluding hydrogens is 299 g/mol. The van der Waals surface area contributed by atoms with Crippen LogP contribution in [0.25, 0.3) is 0 Å². The molecule has 2 rings (SSSR count). The van der Waals surface area contributed by atoms with E-state index in [1.807, 2.05) is 0 Å². The van der Waals surface area contributed by atoms with E-state index in [-0.39, 0.29) is 14.9 Å². The number of thiazole rings is 1. The smallest absolute Gasteiger partial charge is 0.347 e. The Balaban J connectivity index is 2.29. The summed E-state index contributed by atoms with van der Waals surface area (Å²) in [5.74, 6) is -1.60. The highest BCUT2D eigenvalue weighted by Gasteiger charge is 2.16. The van der Waals surface area contributed by atoms with Crippen LogP contribution in [-0.2, 0) is 0 Å². The van der Waals surface area contributed by atoms with Gasteiger partial charge in [-0.1, -0.05) is 22.9 Å². The van der Waals surface area contributed by atoms with Crippen LogP contribution in [0.15, 0.2) is 21.6 Å². The number of aryl methyl sites for hydroxylation is 1. The Morgan fingerprint density at radius 1 is 1.61 bits per heavy atom. The molecule has 0 amide bonds. The summed E-state index contributed by atoms with van der Waals surface area (Å²) in [5, 5.41) is 9.21. The van der Waals surface area contributed by atoms with Gasteiger partial charge in [0.25, 0.3) is 0 Å². The Morgan fingerprint density at radius 2 is 2.33 bits per heavy atom. The quantitative estimate of drug-likeness (QED) is 0.940. The first-order valence-electron chi connectivity index (χ1n) is 4.67. The molecule has 0 radical (unpaired) electrons. The lowest BCUT2D eigenvalue weighted by Crippen LogP contribution is -1.94. The molecule has 0 spiro atoms. The summed E-state index contributed by atoms with van der Waals surface area (Å²) in [5.41, 5.74) is 0.407. The Kier molecular flexibility index (Phi) is 3.84. The van der Waals surface area contributed by atoms with Crippen LogP contribution in [-0.4, -0.2) is 21.0 Å². The van der Waals surface area contributed by atoms with Crippen molar-refractivity contribution in [2.24, 2.45) is 0 Å². The maximum atomic E-state index is 13.5. The lowest BCUT2D eigenvalue weighted by molar-refractivity contribution is 0.0701. The molecular formula is C10H6ClFN2O2S2. The third-order valence-electron chi connectivity index (χ3n) is 1.93. The molecule has 0 aliphatic rings. The van der Waals surface area contributed by atoms with E-state index in [0.717, 1.165) is 29.2 Å². The van der Waals surface area contributed by atoms with Gasteiger partial charge in [-0.25, -0.2) is 19.2 Å². The number of rotatable bonds is 3. The number of halogens is 2. The van der Waals surface area contributed by atoms with Crippen LogP contribution >= 0.6 is 34.7 Å². The zero-order valence-corrected chi connectivity index (χ0v) is 11.4. The van der Waals surface area contributed by atoms with E-state index in [1.54, 1.807) is 6.92 Å². The highest BCUT2D eigenvalue weighted by atomic mass is 35.5. The van der Waals surface area contributed by atoms with E-state index < -0.39 is 11.8 Å². The molecule has 0 saturated carbocycles. The van der Waals surface area contributed by atoms with Gasteiger partial charge in [-0.05, 0) is 24.8 Å². The second kappa shape index (κ2) is 5.21. The second-order valence-electron chi connectivity index (χ2n) is 3.24. The highest BCUT2D eigenvalue weighted by molar-refractivity contribution is 8.01. The molecule has 2 aromatic rings. The number of carboxylic acids is 1. The van der Waals surface area contributed by atoms with E-state index in [1.165, 1.54) is 6.20 Å². The van der Waals surface area contributed by atoms with Crippen molar-refractivity contribution < 1.29 is 14.3 Å². The van der Waals surface area contributed by atoms with Gasteiger partial charge in [-0.3, -0.25) is 0 Å². The zero-order valence-electron chi connectivity index (χ0n) is 8.98. The standard InChI is InChI=1S/C10H6ClFN2O2S2/c1-4-7(9(15)16)17-10(14-4)18-8-6(12)2-5(11)3-13-8/h2-3H,1H3,(H,15,16). The van der Waals surface area contributed by atoms with E-state index in [0.29, 0.717) is 10.0 Å². The first-order chi connectivity index (χ1) is 8.47. The van der Waals surface area contributed by atoms with Crippen molar-refractivity contribution in [3.63, 3.8) is 0 Å². The number of carbonyl (C=O) groups is 1. The van der Waals surface area contributed by atoms with E-state index in [4.69, 9.17) is 16.7 Å². The molecule has 94 valence electrons. The molecule has 18 heavy (non-hydrogen) atoms. The normalized spacial score (nSPS) is 10.6. The summed E-state index contributed by atoms with van der Waals surface area (Å²) in [4.78, 5) is 18.9. The molecule has 0 unspecified atom stereocenters. The first kappa shape index (κ1) is 13.3. The molecule has 0 saturated heterocycles. The van der Waals surface area contributed by atoms with Crippen LogP contribution in [0.3, 0.4) is 0 Å². The van der Waals surface area contributed by atoms with E-state index in [9.17, 15) is 9.18 Å². The van der Waals surface area contributed by atoms with Gasteiger partial charge in [0.15, 0.2) is 10.2 Å². The molecule has 1 N–H and O–H groups in total. The van der Waals surface area contributed by atoms with E-state index in [2.05, 4.69) is 9.97 Å². The van der Waals surface area contributed by atoms with Crippen LogP contribution in [0.2, 0.25) is 5.02 Å². The molecule has 8 heteroatoms.